The van der Waals surface area contributed by atoms with Gasteiger partial charge in [-0.1, -0.05) is 6.08 Å². The first-order chi connectivity index (χ1) is 5.83. The number of aldehydes is 1. The van der Waals surface area contributed by atoms with Crippen LogP contribution in [0, 0.1) is 0 Å². The van der Waals surface area contributed by atoms with Crippen LogP contribution in [-0.2, 0) is 4.79 Å². The molecule has 0 amide bonds. The standard InChI is InChI=1S/C8H7BrN2O/c9-8-6-10-7(5-11-8)3-1-2-4-12/h1,3-6H,2H2. The van der Waals surface area contributed by atoms with E-state index in [4.69, 9.17) is 0 Å². The molecule has 3 nitrogen and oxygen atoms in total. The molecular weight excluding hydrogens is 220 g/mol. The van der Waals surface area contributed by atoms with E-state index in [2.05, 4.69) is 25.9 Å². The molecule has 0 aliphatic rings. The van der Waals surface area contributed by atoms with Crippen LogP contribution in [0.3, 0.4) is 0 Å². The minimum atomic E-state index is 0.414. The van der Waals surface area contributed by atoms with E-state index in [0.717, 1.165) is 12.0 Å². The lowest BCUT2D eigenvalue weighted by Crippen LogP contribution is -1.82. The molecule has 0 aliphatic carbocycles. The van der Waals surface area contributed by atoms with E-state index in [1.807, 2.05) is 0 Å². The minimum Gasteiger partial charge on any atom is -0.303 e. The van der Waals surface area contributed by atoms with Crippen molar-refractivity contribution in [3.63, 3.8) is 0 Å². The monoisotopic (exact) mass is 226 g/mol. The van der Waals surface area contributed by atoms with Crippen LogP contribution < -0.4 is 0 Å². The van der Waals surface area contributed by atoms with Gasteiger partial charge in [0.15, 0.2) is 0 Å². The predicted octanol–water partition coefficient (Wildman–Crippen LogP) is 1.84. The Labute approximate surface area is 78.7 Å². The number of aromatic nitrogens is 2. The molecule has 1 aromatic heterocycles. The van der Waals surface area contributed by atoms with E-state index in [-0.39, 0.29) is 0 Å². The third-order valence-electron chi connectivity index (χ3n) is 1.16. The van der Waals surface area contributed by atoms with Gasteiger partial charge >= 0.3 is 0 Å². The van der Waals surface area contributed by atoms with E-state index in [1.54, 1.807) is 24.5 Å². The van der Waals surface area contributed by atoms with Crippen LogP contribution in [0.1, 0.15) is 12.1 Å². The molecule has 0 spiro atoms. The lowest BCUT2D eigenvalue weighted by atomic mass is 10.3. The summed E-state index contributed by atoms with van der Waals surface area (Å²) >= 11 is 3.17. The number of rotatable bonds is 3. The van der Waals surface area contributed by atoms with Crippen LogP contribution in [0.25, 0.3) is 6.08 Å². The molecule has 0 unspecified atom stereocenters. The lowest BCUT2D eigenvalue weighted by molar-refractivity contribution is -0.107. The zero-order valence-electron chi connectivity index (χ0n) is 6.27. The number of carbonyl (C=O) groups is 1. The average molecular weight is 227 g/mol. The quantitative estimate of drug-likeness (QED) is 0.740. The molecule has 0 saturated carbocycles. The fourth-order valence-electron chi connectivity index (χ4n) is 0.653. The van der Waals surface area contributed by atoms with Gasteiger partial charge in [0.2, 0.25) is 0 Å². The van der Waals surface area contributed by atoms with Gasteiger partial charge in [-0.15, -0.1) is 0 Å². The largest absolute Gasteiger partial charge is 0.303 e. The minimum absolute atomic E-state index is 0.414. The lowest BCUT2D eigenvalue weighted by Gasteiger charge is -1.90. The maximum atomic E-state index is 9.95. The van der Waals surface area contributed by atoms with Gasteiger partial charge in [0.05, 0.1) is 18.1 Å². The number of hydrogen-bond acceptors (Lipinski definition) is 3. The third kappa shape index (κ3) is 2.92. The zero-order valence-corrected chi connectivity index (χ0v) is 7.86. The highest BCUT2D eigenvalue weighted by Gasteiger charge is 1.88. The van der Waals surface area contributed by atoms with Crippen molar-refractivity contribution in [3.8, 4) is 0 Å². The van der Waals surface area contributed by atoms with Gasteiger partial charge in [-0.05, 0) is 22.0 Å². The maximum absolute atomic E-state index is 9.95. The molecular formula is C8H7BrN2O. The Hall–Kier alpha value is -1.03. The summed E-state index contributed by atoms with van der Waals surface area (Å²) in [6, 6.07) is 0. The van der Waals surface area contributed by atoms with Gasteiger partial charge in [-0.2, -0.15) is 0 Å². The fraction of sp³-hybridized carbons (Fsp3) is 0.125. The van der Waals surface area contributed by atoms with Crippen LogP contribution >= 0.6 is 15.9 Å². The van der Waals surface area contributed by atoms with Crippen molar-refractivity contribution in [1.29, 1.82) is 0 Å². The van der Waals surface area contributed by atoms with Crippen molar-refractivity contribution in [2.75, 3.05) is 0 Å². The van der Waals surface area contributed by atoms with Crippen molar-refractivity contribution in [3.05, 3.63) is 28.8 Å². The summed E-state index contributed by atoms with van der Waals surface area (Å²) in [7, 11) is 0. The van der Waals surface area contributed by atoms with Crippen molar-refractivity contribution < 1.29 is 4.79 Å². The number of carbonyl (C=O) groups excluding carboxylic acids is 1. The van der Waals surface area contributed by atoms with Gasteiger partial charge < -0.3 is 4.79 Å². The molecule has 12 heavy (non-hydrogen) atoms. The van der Waals surface area contributed by atoms with Gasteiger partial charge in [-0.25, -0.2) is 4.98 Å². The van der Waals surface area contributed by atoms with Crippen molar-refractivity contribution in [2.24, 2.45) is 0 Å². The smallest absolute Gasteiger partial charge is 0.124 e. The topological polar surface area (TPSA) is 42.9 Å². The van der Waals surface area contributed by atoms with E-state index >= 15 is 0 Å². The highest BCUT2D eigenvalue weighted by Crippen LogP contribution is 2.03. The Morgan fingerprint density at radius 2 is 2.25 bits per heavy atom. The van der Waals surface area contributed by atoms with Gasteiger partial charge in [0.1, 0.15) is 10.9 Å². The summed E-state index contributed by atoms with van der Waals surface area (Å²) in [5.74, 6) is 0. The highest BCUT2D eigenvalue weighted by molar-refractivity contribution is 9.10. The molecule has 0 N–H and O–H groups in total. The van der Waals surface area contributed by atoms with Crippen LogP contribution in [0.5, 0.6) is 0 Å². The molecule has 0 atom stereocenters. The van der Waals surface area contributed by atoms with E-state index in [1.165, 1.54) is 0 Å². The zero-order chi connectivity index (χ0) is 8.81. The van der Waals surface area contributed by atoms with Crippen LogP contribution in [0.4, 0.5) is 0 Å². The first-order valence-corrected chi connectivity index (χ1v) is 4.20. The molecule has 1 rings (SSSR count). The summed E-state index contributed by atoms with van der Waals surface area (Å²) < 4.78 is 0.704. The Kier molecular flexibility index (Phi) is 3.60. The van der Waals surface area contributed by atoms with Crippen molar-refractivity contribution >= 4 is 28.3 Å². The molecule has 0 aliphatic heterocycles. The molecule has 62 valence electrons. The molecule has 1 aromatic rings. The fourth-order valence-corrected chi connectivity index (χ4v) is 0.857. The van der Waals surface area contributed by atoms with E-state index in [0.29, 0.717) is 11.0 Å². The second-order valence-corrected chi connectivity index (χ2v) is 2.88. The molecule has 0 radical (unpaired) electrons. The SMILES string of the molecule is O=CCC=Cc1cnc(Br)cn1. The number of hydrogen-bond donors (Lipinski definition) is 0. The highest BCUT2D eigenvalue weighted by atomic mass is 79.9. The summed E-state index contributed by atoms with van der Waals surface area (Å²) in [5, 5.41) is 0. The van der Waals surface area contributed by atoms with E-state index in [9.17, 15) is 4.79 Å². The van der Waals surface area contributed by atoms with E-state index < -0.39 is 0 Å². The van der Waals surface area contributed by atoms with Crippen molar-refractivity contribution in [1.82, 2.24) is 9.97 Å². The summed E-state index contributed by atoms with van der Waals surface area (Å²) in [6.45, 7) is 0. The number of allylic oxidation sites excluding steroid dienone is 1. The van der Waals surface area contributed by atoms with Crippen LogP contribution in [0.2, 0.25) is 0 Å². The second-order valence-electron chi connectivity index (χ2n) is 2.07. The molecule has 0 aromatic carbocycles. The molecule has 0 bridgehead atoms. The summed E-state index contributed by atoms with van der Waals surface area (Å²) in [4.78, 5) is 18.0. The predicted molar refractivity (Wildman–Crippen MR) is 49.4 cm³/mol. The van der Waals surface area contributed by atoms with Gasteiger partial charge in [0, 0.05) is 6.42 Å². The second kappa shape index (κ2) is 4.77. The summed E-state index contributed by atoms with van der Waals surface area (Å²) in [5.41, 5.74) is 0.750. The number of halogens is 1. The van der Waals surface area contributed by atoms with Gasteiger partial charge in [-0.3, -0.25) is 4.98 Å². The maximum Gasteiger partial charge on any atom is 0.124 e. The summed E-state index contributed by atoms with van der Waals surface area (Å²) in [6.07, 6.45) is 7.99. The average Bonchev–Trinajstić information content (AvgIpc) is 2.09. The molecule has 1 heterocycles. The first-order valence-electron chi connectivity index (χ1n) is 3.40. The Morgan fingerprint density at radius 3 is 2.83 bits per heavy atom. The Balaban J connectivity index is 2.64. The van der Waals surface area contributed by atoms with Gasteiger partial charge in [0.25, 0.3) is 0 Å². The number of nitrogens with zero attached hydrogens (tertiary/aromatic N) is 2. The first kappa shape index (κ1) is 9.06. The van der Waals surface area contributed by atoms with Crippen LogP contribution in [0.15, 0.2) is 23.1 Å². The Morgan fingerprint density at radius 1 is 1.42 bits per heavy atom. The molecule has 4 heteroatoms. The third-order valence-corrected chi connectivity index (χ3v) is 1.57. The normalized spacial score (nSPS) is 10.4. The van der Waals surface area contributed by atoms with Crippen LogP contribution in [-0.4, -0.2) is 16.3 Å². The van der Waals surface area contributed by atoms with Crippen molar-refractivity contribution in [2.45, 2.75) is 6.42 Å². The molecule has 0 saturated heterocycles. The Bertz CT molecular complexity index is 282. The molecule has 0 fully saturated rings.